The Labute approximate surface area is 260 Å². The number of carbonyl (C=O) groups is 1. The highest BCUT2D eigenvalue weighted by Crippen LogP contribution is 2.40. The second-order valence-electron chi connectivity index (χ2n) is 11.3. The first kappa shape index (κ1) is 31.6. The zero-order valence-electron chi connectivity index (χ0n) is 25.9. The number of aliphatic imine (C=N–C) groups is 1. The fourth-order valence-electron chi connectivity index (χ4n) is 6.01. The van der Waals surface area contributed by atoms with Crippen molar-refractivity contribution in [3.05, 3.63) is 65.6 Å². The lowest BCUT2D eigenvalue weighted by Gasteiger charge is -2.23. The number of rotatable bonds is 13. The number of amides is 1. The normalized spacial score (nSPS) is 16.0. The molecule has 11 heteroatoms. The minimum Gasteiger partial charge on any atom is -0.491 e. The number of anilines is 1. The maximum atomic E-state index is 13.8. The molecule has 0 radical (unpaired) electrons. The number of methoxy groups -OCH3 is 1. The van der Waals surface area contributed by atoms with Gasteiger partial charge in [-0.05, 0) is 55.9 Å². The van der Waals surface area contributed by atoms with E-state index in [9.17, 15) is 13.2 Å². The number of benzene rings is 2. The van der Waals surface area contributed by atoms with E-state index in [0.29, 0.717) is 24.5 Å². The Morgan fingerprint density at radius 1 is 1.07 bits per heavy atom. The smallest absolute Gasteiger partial charge is 0.263 e. The molecule has 44 heavy (non-hydrogen) atoms. The third-order valence-electron chi connectivity index (χ3n) is 8.25. The van der Waals surface area contributed by atoms with Gasteiger partial charge in [-0.1, -0.05) is 62.6 Å². The van der Waals surface area contributed by atoms with E-state index in [1.54, 1.807) is 25.1 Å². The number of hydrogen-bond acceptors (Lipinski definition) is 8. The van der Waals surface area contributed by atoms with Gasteiger partial charge >= 0.3 is 0 Å². The topological polar surface area (TPSA) is 123 Å². The highest BCUT2D eigenvalue weighted by Gasteiger charge is 2.49. The van der Waals surface area contributed by atoms with Gasteiger partial charge < -0.3 is 9.47 Å². The summed E-state index contributed by atoms with van der Waals surface area (Å²) in [6.07, 6.45) is 7.90. The van der Waals surface area contributed by atoms with Crippen LogP contribution >= 0.6 is 0 Å². The van der Waals surface area contributed by atoms with Crippen LogP contribution in [0.1, 0.15) is 75.7 Å². The van der Waals surface area contributed by atoms with Crippen LogP contribution in [-0.2, 0) is 32.7 Å². The largest absolute Gasteiger partial charge is 0.491 e. The van der Waals surface area contributed by atoms with Gasteiger partial charge in [0.05, 0.1) is 31.4 Å². The van der Waals surface area contributed by atoms with Crippen molar-refractivity contribution in [1.82, 2.24) is 14.9 Å². The van der Waals surface area contributed by atoms with E-state index in [1.807, 2.05) is 36.1 Å². The summed E-state index contributed by atoms with van der Waals surface area (Å²) in [5, 5.41) is 0. The minimum atomic E-state index is -4.07. The van der Waals surface area contributed by atoms with Crippen molar-refractivity contribution in [2.45, 2.75) is 89.3 Å². The first-order valence-corrected chi connectivity index (χ1v) is 16.8. The quantitative estimate of drug-likeness (QED) is 0.247. The maximum absolute atomic E-state index is 13.8. The first-order valence-electron chi connectivity index (χ1n) is 15.3. The molecule has 1 amide bonds. The summed E-state index contributed by atoms with van der Waals surface area (Å²) in [6, 6.07) is 12.7. The van der Waals surface area contributed by atoms with Crippen LogP contribution < -0.4 is 9.46 Å². The fraction of sp³-hybridized carbons (Fsp3) is 0.455. The van der Waals surface area contributed by atoms with Crippen molar-refractivity contribution in [2.24, 2.45) is 4.99 Å². The number of aromatic nitrogens is 2. The van der Waals surface area contributed by atoms with Crippen molar-refractivity contribution >= 4 is 27.6 Å². The lowest BCUT2D eigenvalue weighted by Crippen LogP contribution is -2.40. The molecular weight excluding hydrogens is 578 g/mol. The highest BCUT2D eigenvalue weighted by molar-refractivity contribution is 7.92. The number of nitrogens with zero attached hydrogens (tertiary/aromatic N) is 4. The van der Waals surface area contributed by atoms with E-state index in [0.717, 1.165) is 67.5 Å². The number of aryl methyl sites for hydroxylation is 1. The molecule has 2 aliphatic rings. The molecule has 1 aromatic heterocycles. The van der Waals surface area contributed by atoms with Crippen LogP contribution in [0.15, 0.2) is 58.5 Å². The number of sulfonamides is 1. The molecule has 1 fully saturated rings. The Balaban J connectivity index is 1.49. The van der Waals surface area contributed by atoms with Gasteiger partial charge in [-0.25, -0.2) is 18.4 Å². The predicted octanol–water partition coefficient (Wildman–Crippen LogP) is 6.04. The molecule has 0 bridgehead atoms. The van der Waals surface area contributed by atoms with E-state index < -0.39 is 15.6 Å². The third-order valence-corrected chi connectivity index (χ3v) is 9.65. The molecule has 2 heterocycles. The summed E-state index contributed by atoms with van der Waals surface area (Å²) in [6.45, 7) is 6.94. The van der Waals surface area contributed by atoms with E-state index in [4.69, 9.17) is 14.5 Å². The van der Waals surface area contributed by atoms with Crippen LogP contribution in [0.5, 0.6) is 5.75 Å². The number of nitrogens with one attached hydrogen (secondary N) is 1. The Hall–Kier alpha value is -3.83. The molecular formula is C33H41N5O5S. The lowest BCUT2D eigenvalue weighted by molar-refractivity contribution is -0.131. The average molecular weight is 620 g/mol. The SMILES string of the molecule is CCCCC1=NC2(CCCC2)C(=O)N1Cc1ccc(-c2ccccc2S(=O)(=O)Nc2nc(C)ncc2OC)c(COCC)c1. The second kappa shape index (κ2) is 13.4. The molecule has 1 N–H and O–H groups in total. The maximum Gasteiger partial charge on any atom is 0.263 e. The summed E-state index contributed by atoms with van der Waals surface area (Å²) in [4.78, 5) is 29.0. The molecule has 10 nitrogen and oxygen atoms in total. The van der Waals surface area contributed by atoms with Gasteiger partial charge in [0.15, 0.2) is 11.6 Å². The van der Waals surface area contributed by atoms with E-state index in [1.165, 1.54) is 13.3 Å². The predicted molar refractivity (Wildman–Crippen MR) is 170 cm³/mol. The van der Waals surface area contributed by atoms with Crippen molar-refractivity contribution < 1.29 is 22.7 Å². The van der Waals surface area contributed by atoms with Crippen molar-refractivity contribution in [3.63, 3.8) is 0 Å². The Morgan fingerprint density at radius 3 is 2.57 bits per heavy atom. The second-order valence-corrected chi connectivity index (χ2v) is 13.0. The van der Waals surface area contributed by atoms with Crippen molar-refractivity contribution in [3.8, 4) is 16.9 Å². The van der Waals surface area contributed by atoms with Crippen molar-refractivity contribution in [2.75, 3.05) is 18.4 Å². The Morgan fingerprint density at radius 2 is 1.84 bits per heavy atom. The number of amidine groups is 1. The molecule has 0 atom stereocenters. The molecule has 0 saturated heterocycles. The van der Waals surface area contributed by atoms with Gasteiger partial charge in [0, 0.05) is 18.6 Å². The molecule has 2 aromatic carbocycles. The van der Waals surface area contributed by atoms with Gasteiger partial charge in [-0.3, -0.25) is 19.4 Å². The zero-order chi connectivity index (χ0) is 31.3. The average Bonchev–Trinajstić information content (AvgIpc) is 3.59. The molecule has 1 aliphatic heterocycles. The molecule has 1 spiro atoms. The number of carbonyl (C=O) groups excluding carboxylic acids is 1. The van der Waals surface area contributed by atoms with Crippen LogP contribution in [0.25, 0.3) is 11.1 Å². The van der Waals surface area contributed by atoms with Gasteiger partial charge in [-0.2, -0.15) is 0 Å². The number of ether oxygens (including phenoxy) is 2. The summed E-state index contributed by atoms with van der Waals surface area (Å²) < 4.78 is 41.2. The Bertz CT molecular complexity index is 1650. The van der Waals surface area contributed by atoms with Crippen LogP contribution in [0.3, 0.4) is 0 Å². The Kier molecular flexibility index (Phi) is 9.65. The molecule has 0 unspecified atom stereocenters. The van der Waals surface area contributed by atoms with Gasteiger partial charge in [0.1, 0.15) is 17.2 Å². The first-order chi connectivity index (χ1) is 21.2. The van der Waals surface area contributed by atoms with Gasteiger partial charge in [0.2, 0.25) is 0 Å². The lowest BCUT2D eigenvalue weighted by atomic mass is 9.96. The molecule has 1 saturated carbocycles. The molecule has 3 aromatic rings. The van der Waals surface area contributed by atoms with E-state index in [2.05, 4.69) is 21.6 Å². The molecule has 5 rings (SSSR count). The van der Waals surface area contributed by atoms with Crippen molar-refractivity contribution in [1.29, 1.82) is 0 Å². The minimum absolute atomic E-state index is 0.0653. The number of hydrogen-bond donors (Lipinski definition) is 1. The van der Waals surface area contributed by atoms with Gasteiger partial charge in [0.25, 0.3) is 15.9 Å². The molecule has 1 aliphatic carbocycles. The van der Waals surface area contributed by atoms with E-state index in [-0.39, 0.29) is 29.0 Å². The number of unbranched alkanes of at least 4 members (excludes halogenated alkanes) is 1. The van der Waals surface area contributed by atoms with Crippen LogP contribution in [-0.4, -0.2) is 54.3 Å². The fourth-order valence-corrected chi connectivity index (χ4v) is 7.24. The monoisotopic (exact) mass is 619 g/mol. The molecule has 234 valence electrons. The summed E-state index contributed by atoms with van der Waals surface area (Å²) >= 11 is 0. The third kappa shape index (κ3) is 6.49. The van der Waals surface area contributed by atoms with E-state index >= 15 is 0 Å². The highest BCUT2D eigenvalue weighted by atomic mass is 32.2. The zero-order valence-corrected chi connectivity index (χ0v) is 26.7. The standard InChI is InChI=1S/C33H41N5O5S/c1-5-7-14-30-36-33(17-10-11-18-33)32(39)38(30)21-24-15-16-26(25(19-24)22-43-6-2)27-12-8-9-13-29(27)44(40,41)37-31-28(42-4)20-34-23(3)35-31/h8-9,12-13,15-16,19-20H,5-7,10-11,14,17-18,21-22H2,1-4H3,(H,34,35,37). The summed E-state index contributed by atoms with van der Waals surface area (Å²) in [7, 11) is -2.64. The summed E-state index contributed by atoms with van der Waals surface area (Å²) in [5.74, 6) is 1.68. The van der Waals surface area contributed by atoms with Crippen LogP contribution in [0, 0.1) is 6.92 Å². The summed E-state index contributed by atoms with van der Waals surface area (Å²) in [5.41, 5.74) is 2.43. The van der Waals surface area contributed by atoms with Crippen LogP contribution in [0.4, 0.5) is 5.82 Å². The van der Waals surface area contributed by atoms with Crippen LogP contribution in [0.2, 0.25) is 0 Å². The van der Waals surface area contributed by atoms with Gasteiger partial charge in [-0.15, -0.1) is 0 Å².